The fraction of sp³-hybridized carbons (Fsp3) is 0.400. The van der Waals surface area contributed by atoms with Crippen LogP contribution in [-0.2, 0) is 5.33 Å². The molecule has 0 aromatic heterocycles. The number of hydrogen-bond donors (Lipinski definition) is 0. The van der Waals surface area contributed by atoms with Gasteiger partial charge in [-0.3, -0.25) is 0 Å². The van der Waals surface area contributed by atoms with Crippen molar-refractivity contribution in [1.82, 2.24) is 0 Å². The number of hydrogen-bond acceptors (Lipinski definition) is 0. The van der Waals surface area contributed by atoms with Crippen LogP contribution in [0.1, 0.15) is 25.0 Å². The summed E-state index contributed by atoms with van der Waals surface area (Å²) in [7, 11) is 0. The van der Waals surface area contributed by atoms with Gasteiger partial charge < -0.3 is 0 Å². The fourth-order valence-electron chi connectivity index (χ4n) is 0.806. The number of benzene rings is 1. The predicted molar refractivity (Wildman–Crippen MR) is 62.9 cm³/mol. The van der Waals surface area contributed by atoms with Gasteiger partial charge in [-0.25, -0.2) is 0 Å². The maximum absolute atomic E-state index is 3.46. The van der Waals surface area contributed by atoms with E-state index in [1.165, 1.54) is 15.6 Å². The van der Waals surface area contributed by atoms with Crippen LogP contribution in [0.3, 0.4) is 0 Å². The van der Waals surface area contributed by atoms with Crippen molar-refractivity contribution in [3.8, 4) is 0 Å². The van der Waals surface area contributed by atoms with Crippen LogP contribution in [0.2, 0.25) is 0 Å². The van der Waals surface area contributed by atoms with Gasteiger partial charge in [-0.15, -0.1) is 0 Å². The Balaban J connectivity index is 0.000000561. The van der Waals surface area contributed by atoms with Gasteiger partial charge in [0.15, 0.2) is 0 Å². The number of halogens is 2. The Labute approximate surface area is 91.6 Å². The van der Waals surface area contributed by atoms with Crippen LogP contribution in [0.5, 0.6) is 0 Å². The molecule has 0 atom stereocenters. The summed E-state index contributed by atoms with van der Waals surface area (Å²) in [5.74, 6) is 0. The first-order valence-electron chi connectivity index (χ1n) is 4.05. The van der Waals surface area contributed by atoms with E-state index in [1.54, 1.807) is 0 Å². The van der Waals surface area contributed by atoms with E-state index in [0.29, 0.717) is 0 Å². The minimum absolute atomic E-state index is 0.912. The summed E-state index contributed by atoms with van der Waals surface area (Å²) in [5, 5.41) is 0.912. The minimum atomic E-state index is 0.912. The van der Waals surface area contributed by atoms with E-state index in [0.717, 1.165) is 5.33 Å². The normalized spacial score (nSPS) is 8.75. The molecule has 1 aromatic rings. The van der Waals surface area contributed by atoms with Crippen molar-refractivity contribution in [3.63, 3.8) is 0 Å². The first-order valence-corrected chi connectivity index (χ1v) is 5.96. The third kappa shape index (κ3) is 3.72. The summed E-state index contributed by atoms with van der Waals surface area (Å²) in [5.41, 5.74) is 2.61. The third-order valence-corrected chi connectivity index (χ3v) is 2.72. The average molecular weight is 294 g/mol. The van der Waals surface area contributed by atoms with Crippen molar-refractivity contribution in [2.75, 3.05) is 0 Å². The van der Waals surface area contributed by atoms with E-state index in [2.05, 4.69) is 57.0 Å². The highest BCUT2D eigenvalue weighted by molar-refractivity contribution is 9.10. The second kappa shape index (κ2) is 6.67. The number of rotatable bonds is 1. The van der Waals surface area contributed by atoms with Crippen molar-refractivity contribution in [2.24, 2.45) is 0 Å². The molecule has 1 rings (SSSR count). The van der Waals surface area contributed by atoms with Crippen molar-refractivity contribution in [2.45, 2.75) is 26.1 Å². The highest BCUT2D eigenvalue weighted by atomic mass is 79.9. The molecule has 0 amide bonds. The molecule has 0 saturated heterocycles. The first kappa shape index (κ1) is 12.2. The van der Waals surface area contributed by atoms with Gasteiger partial charge in [0.05, 0.1) is 0 Å². The zero-order chi connectivity index (χ0) is 9.56. The topological polar surface area (TPSA) is 0 Å². The fourth-order valence-corrected chi connectivity index (χ4v) is 2.03. The van der Waals surface area contributed by atoms with Crippen LogP contribution in [0.4, 0.5) is 0 Å². The van der Waals surface area contributed by atoms with Crippen LogP contribution in [0, 0.1) is 6.92 Å². The molecular formula is C10H14Br2. The zero-order valence-electron chi connectivity index (χ0n) is 7.70. The van der Waals surface area contributed by atoms with Crippen LogP contribution < -0.4 is 0 Å². The van der Waals surface area contributed by atoms with Crippen LogP contribution in [-0.4, -0.2) is 0 Å². The molecule has 12 heavy (non-hydrogen) atoms. The third-order valence-electron chi connectivity index (χ3n) is 1.35. The largest absolute Gasteiger partial charge is 0.0876 e. The second-order valence-electron chi connectivity index (χ2n) is 2.23. The van der Waals surface area contributed by atoms with Crippen molar-refractivity contribution in [1.29, 1.82) is 0 Å². The second-order valence-corrected chi connectivity index (χ2v) is 3.64. The van der Waals surface area contributed by atoms with Crippen molar-refractivity contribution in [3.05, 3.63) is 33.8 Å². The molecule has 0 fully saturated rings. The molecule has 0 bridgehead atoms. The Kier molecular flexibility index (Phi) is 6.77. The lowest BCUT2D eigenvalue weighted by Crippen LogP contribution is -1.80. The van der Waals surface area contributed by atoms with Gasteiger partial charge in [-0.05, 0) is 18.6 Å². The number of aryl methyl sites for hydroxylation is 1. The summed E-state index contributed by atoms with van der Waals surface area (Å²) in [6.07, 6.45) is 0. The highest BCUT2D eigenvalue weighted by Gasteiger charge is 1.95. The van der Waals surface area contributed by atoms with Crippen LogP contribution >= 0.6 is 31.9 Å². The maximum Gasteiger partial charge on any atom is 0.0294 e. The predicted octanol–water partition coefficient (Wildman–Crippen LogP) is 4.68. The van der Waals surface area contributed by atoms with Gasteiger partial charge in [0.25, 0.3) is 0 Å². The van der Waals surface area contributed by atoms with Gasteiger partial charge >= 0.3 is 0 Å². The number of alkyl halides is 1. The summed E-state index contributed by atoms with van der Waals surface area (Å²) >= 11 is 6.87. The summed E-state index contributed by atoms with van der Waals surface area (Å²) in [6.45, 7) is 6.10. The molecule has 68 valence electrons. The molecule has 0 aliphatic carbocycles. The molecule has 0 saturated carbocycles. The van der Waals surface area contributed by atoms with Crippen molar-refractivity contribution < 1.29 is 0 Å². The van der Waals surface area contributed by atoms with Gasteiger partial charge in [-0.2, -0.15) is 0 Å². The van der Waals surface area contributed by atoms with Crippen molar-refractivity contribution >= 4 is 31.9 Å². The maximum atomic E-state index is 3.46. The molecule has 0 unspecified atom stereocenters. The molecule has 0 aliphatic rings. The highest BCUT2D eigenvalue weighted by Crippen LogP contribution is 2.19. The lowest BCUT2D eigenvalue weighted by atomic mass is 10.2. The first-order chi connectivity index (χ1) is 5.74. The van der Waals surface area contributed by atoms with E-state index < -0.39 is 0 Å². The Morgan fingerprint density at radius 3 is 2.25 bits per heavy atom. The van der Waals surface area contributed by atoms with Gasteiger partial charge in [0.1, 0.15) is 0 Å². The standard InChI is InChI=1S/C8H8Br2.C2H6/c1-6-2-3-8(10)7(4-6)5-9;1-2/h2-4H,5H2,1H3;1-2H3. The molecule has 0 N–H and O–H groups in total. The monoisotopic (exact) mass is 292 g/mol. The lowest BCUT2D eigenvalue weighted by Gasteiger charge is -1.99. The molecule has 0 radical (unpaired) electrons. The summed E-state index contributed by atoms with van der Waals surface area (Å²) in [4.78, 5) is 0. The van der Waals surface area contributed by atoms with Gasteiger partial charge in [0, 0.05) is 9.80 Å². The zero-order valence-corrected chi connectivity index (χ0v) is 10.9. The molecule has 1 aromatic carbocycles. The molecule has 0 spiro atoms. The lowest BCUT2D eigenvalue weighted by molar-refractivity contribution is 1.34. The molecule has 0 aliphatic heterocycles. The summed E-state index contributed by atoms with van der Waals surface area (Å²) in [6, 6.07) is 6.33. The Bertz CT molecular complexity index is 231. The smallest absolute Gasteiger partial charge is 0.0294 e. The van der Waals surface area contributed by atoms with E-state index in [4.69, 9.17) is 0 Å². The van der Waals surface area contributed by atoms with E-state index >= 15 is 0 Å². The Morgan fingerprint density at radius 2 is 1.83 bits per heavy atom. The quantitative estimate of drug-likeness (QED) is 0.660. The minimum Gasteiger partial charge on any atom is -0.0876 e. The average Bonchev–Trinajstić information content (AvgIpc) is 2.13. The van der Waals surface area contributed by atoms with E-state index in [-0.39, 0.29) is 0 Å². The van der Waals surface area contributed by atoms with E-state index in [9.17, 15) is 0 Å². The van der Waals surface area contributed by atoms with Gasteiger partial charge in [0.2, 0.25) is 0 Å². The van der Waals surface area contributed by atoms with Crippen LogP contribution in [0.25, 0.3) is 0 Å². The molecule has 2 heteroatoms. The summed E-state index contributed by atoms with van der Waals surface area (Å²) < 4.78 is 1.18. The van der Waals surface area contributed by atoms with E-state index in [1.807, 2.05) is 13.8 Å². The molecule has 0 nitrogen and oxygen atoms in total. The molecular weight excluding hydrogens is 280 g/mol. The Hall–Kier alpha value is 0.180. The SMILES string of the molecule is CC.Cc1ccc(Br)c(CBr)c1. The van der Waals surface area contributed by atoms with Gasteiger partial charge in [-0.1, -0.05) is 63.4 Å². The van der Waals surface area contributed by atoms with Crippen LogP contribution in [0.15, 0.2) is 22.7 Å². The Morgan fingerprint density at radius 1 is 1.25 bits per heavy atom. The molecule has 0 heterocycles.